The van der Waals surface area contributed by atoms with Gasteiger partial charge in [-0.15, -0.1) is 0 Å². The molecular formula is C48H77N3O17S. The molecule has 17 atom stereocenters. The van der Waals surface area contributed by atoms with E-state index in [2.05, 4.69) is 5.32 Å². The summed E-state index contributed by atoms with van der Waals surface area (Å²) in [5, 5.41) is 106. The minimum absolute atomic E-state index is 0.0900. The van der Waals surface area contributed by atoms with E-state index >= 15 is 0 Å². The summed E-state index contributed by atoms with van der Waals surface area (Å²) in [5.74, 6) is -6.64. The molecule has 1 amide bonds. The number of carbonyl (C=O) groups is 2. The Bertz CT molecular complexity index is 1890. The second-order valence-electron chi connectivity index (χ2n) is 18.3. The minimum Gasteiger partial charge on any atom is -0.462 e. The SMILES string of the molecule is C[C@@H]1[C@H](O)[C@@H](C)/C=C/C=C/C=C/C=C/C=C/C=C/C=C/[C@H](O[C@H]2C[C@@H](N)[C@H](O)CO2)C[C@@H]2O[C@](O)(C[C@@H](O)C[C@@H](O)[C@H](O)CC[C@@H](O)C[C@@H](O)CC(=O)O[C@H]1C)C[C@H](O)[C@H]2C(=O)NCCS(N)(=O)=O. The van der Waals surface area contributed by atoms with Crippen LogP contribution in [0.1, 0.15) is 78.6 Å². The third-order valence-electron chi connectivity index (χ3n) is 12.3. The zero-order valence-corrected chi connectivity index (χ0v) is 40.5. The molecule has 3 aliphatic heterocycles. The third-order valence-corrected chi connectivity index (χ3v) is 13.0. The summed E-state index contributed by atoms with van der Waals surface area (Å²) >= 11 is 0. The average Bonchev–Trinajstić information content (AvgIpc) is 3.24. The summed E-state index contributed by atoms with van der Waals surface area (Å²) < 4.78 is 46.7. The number of nitrogens with one attached hydrogen (secondary N) is 1. The Morgan fingerprint density at radius 1 is 0.754 bits per heavy atom. The number of hydrogen-bond donors (Lipinski definition) is 12. The van der Waals surface area contributed by atoms with E-state index in [4.69, 9.17) is 29.8 Å². The van der Waals surface area contributed by atoms with Crippen molar-refractivity contribution in [3.8, 4) is 0 Å². The summed E-state index contributed by atoms with van der Waals surface area (Å²) in [6, 6.07) is -0.685. The molecule has 3 heterocycles. The highest BCUT2D eigenvalue weighted by atomic mass is 32.2. The monoisotopic (exact) mass is 999 g/mol. The number of primary sulfonamides is 1. The second kappa shape index (κ2) is 29.8. The molecule has 0 aromatic carbocycles. The molecule has 2 fully saturated rings. The highest BCUT2D eigenvalue weighted by molar-refractivity contribution is 7.89. The van der Waals surface area contributed by atoms with E-state index in [1.807, 2.05) is 37.3 Å². The standard InChI is InChI=1S/C48H77N3O17S/c1-30-16-14-12-10-8-6-4-5-7-9-11-13-15-17-36(67-44-26-37(49)41(58)29-65-44)25-42-45(47(61)51-20-21-69(50,63)64)40(57)28-48(62,68-42)27-35(54)23-39(56)38(55)19-18-33(52)22-34(53)24-43(59)66-32(3)31(2)46(30)60/h4-17,30-42,44-46,52-58,60,62H,18-29,49H2,1-3H3,(H,51,61)(H2,50,63,64)/b5-4+,8-6+,9-7+,12-10+,13-11+,16-14+,17-15+/t30-,31-,32-,33+,34+,35-,36-,37+,38+,39+,40-,41+,42-,44-,45+,46+,48+/m0/s1. The first-order chi connectivity index (χ1) is 32.5. The molecule has 0 radical (unpaired) electrons. The summed E-state index contributed by atoms with van der Waals surface area (Å²) in [7, 11) is -3.97. The predicted molar refractivity (Wildman–Crippen MR) is 254 cm³/mol. The van der Waals surface area contributed by atoms with Gasteiger partial charge in [-0.1, -0.05) is 98.9 Å². The number of ether oxygens (including phenoxy) is 4. The molecule has 0 aromatic heterocycles. The molecule has 14 N–H and O–H groups in total. The van der Waals surface area contributed by atoms with Gasteiger partial charge in [-0.25, -0.2) is 13.6 Å². The Morgan fingerprint density at radius 2 is 1.35 bits per heavy atom. The van der Waals surface area contributed by atoms with Gasteiger partial charge < -0.3 is 76.0 Å². The Balaban J connectivity index is 1.90. The molecule has 69 heavy (non-hydrogen) atoms. The van der Waals surface area contributed by atoms with E-state index in [1.54, 1.807) is 68.5 Å². The van der Waals surface area contributed by atoms with Crippen LogP contribution < -0.4 is 16.2 Å². The van der Waals surface area contributed by atoms with Crippen LogP contribution in [0.25, 0.3) is 0 Å². The maximum atomic E-state index is 13.6. The van der Waals surface area contributed by atoms with Crippen molar-refractivity contribution in [1.82, 2.24) is 5.32 Å². The van der Waals surface area contributed by atoms with Crippen LogP contribution in [-0.4, -0.2) is 170 Å². The number of amides is 1. The van der Waals surface area contributed by atoms with Gasteiger partial charge in [0, 0.05) is 56.5 Å². The molecule has 3 rings (SSSR count). The maximum Gasteiger partial charge on any atom is 0.308 e. The van der Waals surface area contributed by atoms with Crippen LogP contribution in [0.15, 0.2) is 85.1 Å². The van der Waals surface area contributed by atoms with Crippen molar-refractivity contribution in [3.63, 3.8) is 0 Å². The molecule has 21 heteroatoms. The molecule has 0 unspecified atom stereocenters. The van der Waals surface area contributed by atoms with Crippen molar-refractivity contribution < 1.29 is 82.9 Å². The number of carbonyl (C=O) groups excluding carboxylic acids is 2. The van der Waals surface area contributed by atoms with E-state index in [9.17, 15) is 64.0 Å². The largest absolute Gasteiger partial charge is 0.462 e. The van der Waals surface area contributed by atoms with Gasteiger partial charge in [-0.05, 0) is 26.2 Å². The lowest BCUT2D eigenvalue weighted by molar-refractivity contribution is -0.301. The maximum absolute atomic E-state index is 13.6. The fraction of sp³-hybridized carbons (Fsp3) is 0.667. The number of nitrogens with two attached hydrogens (primary N) is 2. The van der Waals surface area contributed by atoms with Crippen LogP contribution in [0.2, 0.25) is 0 Å². The summed E-state index contributed by atoms with van der Waals surface area (Å²) in [4.78, 5) is 26.2. The van der Waals surface area contributed by atoms with Crippen LogP contribution in [-0.2, 0) is 38.6 Å². The Hall–Kier alpha value is -3.49. The van der Waals surface area contributed by atoms with Crippen molar-refractivity contribution in [2.45, 2.75) is 164 Å². The fourth-order valence-corrected chi connectivity index (χ4v) is 8.52. The summed E-state index contributed by atoms with van der Waals surface area (Å²) in [6.45, 7) is 4.69. The number of cyclic esters (lactones) is 1. The first-order valence-corrected chi connectivity index (χ1v) is 25.2. The number of esters is 1. The quantitative estimate of drug-likeness (QED) is 0.152. The normalized spacial score (nSPS) is 41.6. The summed E-state index contributed by atoms with van der Waals surface area (Å²) in [6.07, 6.45) is 7.33. The molecule has 2 bridgehead atoms. The lowest BCUT2D eigenvalue weighted by Gasteiger charge is -2.45. The van der Waals surface area contributed by atoms with Gasteiger partial charge in [-0.2, -0.15) is 0 Å². The van der Waals surface area contributed by atoms with E-state index in [1.165, 1.54) is 0 Å². The van der Waals surface area contributed by atoms with Crippen LogP contribution in [0, 0.1) is 17.8 Å². The van der Waals surface area contributed by atoms with E-state index in [0.29, 0.717) is 0 Å². The lowest BCUT2D eigenvalue weighted by Crippen LogP contribution is -2.58. The van der Waals surface area contributed by atoms with E-state index in [0.717, 1.165) is 0 Å². The zero-order chi connectivity index (χ0) is 51.3. The smallest absolute Gasteiger partial charge is 0.308 e. The Morgan fingerprint density at radius 3 is 1.94 bits per heavy atom. The average molecular weight is 1000 g/mol. The molecule has 3 aliphatic rings. The Labute approximate surface area is 405 Å². The first-order valence-electron chi connectivity index (χ1n) is 23.5. The Kier molecular flexibility index (Phi) is 25.8. The van der Waals surface area contributed by atoms with E-state index in [-0.39, 0.29) is 44.6 Å². The van der Waals surface area contributed by atoms with Gasteiger partial charge in [0.2, 0.25) is 15.9 Å². The zero-order valence-electron chi connectivity index (χ0n) is 39.7. The van der Waals surface area contributed by atoms with Crippen LogP contribution >= 0.6 is 0 Å². The molecular weight excluding hydrogens is 923 g/mol. The van der Waals surface area contributed by atoms with Crippen LogP contribution in [0.4, 0.5) is 0 Å². The fourth-order valence-electron chi connectivity index (χ4n) is 8.14. The highest BCUT2D eigenvalue weighted by Crippen LogP contribution is 2.38. The first kappa shape index (κ1) is 59.8. The van der Waals surface area contributed by atoms with Gasteiger partial charge >= 0.3 is 5.97 Å². The van der Waals surface area contributed by atoms with Crippen LogP contribution in [0.3, 0.4) is 0 Å². The summed E-state index contributed by atoms with van der Waals surface area (Å²) in [5.41, 5.74) is 6.08. The van der Waals surface area contributed by atoms with Crippen molar-refractivity contribution in [3.05, 3.63) is 85.1 Å². The molecule has 0 aliphatic carbocycles. The topological polar surface area (TPSA) is 351 Å². The molecule has 0 aromatic rings. The van der Waals surface area contributed by atoms with Crippen molar-refractivity contribution >= 4 is 21.9 Å². The van der Waals surface area contributed by atoms with E-state index < -0.39 is 157 Å². The van der Waals surface area contributed by atoms with Gasteiger partial charge in [-0.3, -0.25) is 9.59 Å². The van der Waals surface area contributed by atoms with Gasteiger partial charge in [0.15, 0.2) is 12.1 Å². The van der Waals surface area contributed by atoms with Crippen molar-refractivity contribution in [2.24, 2.45) is 28.6 Å². The van der Waals surface area contributed by atoms with Gasteiger partial charge in [0.05, 0.1) is 85.7 Å². The number of sulfonamides is 1. The minimum atomic E-state index is -3.97. The lowest BCUT2D eigenvalue weighted by atomic mass is 9.82. The number of aliphatic hydroxyl groups excluding tert-OH is 8. The van der Waals surface area contributed by atoms with Crippen molar-refractivity contribution in [1.29, 1.82) is 0 Å². The molecule has 392 valence electrons. The van der Waals surface area contributed by atoms with Gasteiger partial charge in [0.25, 0.3) is 0 Å². The number of hydrogen-bond acceptors (Lipinski definition) is 18. The van der Waals surface area contributed by atoms with Crippen LogP contribution in [0.5, 0.6) is 0 Å². The molecule has 2 saturated heterocycles. The number of fused-ring (bicyclic) bond motifs is 2. The molecule has 20 nitrogen and oxygen atoms in total. The number of rotatable bonds is 6. The van der Waals surface area contributed by atoms with Gasteiger partial charge in [0.1, 0.15) is 6.10 Å². The number of aliphatic hydroxyl groups is 9. The van der Waals surface area contributed by atoms with Crippen molar-refractivity contribution in [2.75, 3.05) is 18.9 Å². The number of allylic oxidation sites excluding steroid dienone is 12. The molecule has 0 spiro atoms. The highest BCUT2D eigenvalue weighted by Gasteiger charge is 2.50. The predicted octanol–water partition coefficient (Wildman–Crippen LogP) is -0.327. The molecule has 0 saturated carbocycles. The second-order valence-corrected chi connectivity index (χ2v) is 20.1. The third kappa shape index (κ3) is 22.6.